The molecule has 2 nitrogen and oxygen atoms in total. The number of alkyl halides is 3. The van der Waals surface area contributed by atoms with Crippen LogP contribution in [0.15, 0.2) is 0 Å². The molecule has 0 saturated heterocycles. The van der Waals surface area contributed by atoms with Crippen molar-refractivity contribution in [3.63, 3.8) is 0 Å². The molecule has 0 aromatic rings. The third-order valence-electron chi connectivity index (χ3n) is 2.68. The lowest BCUT2D eigenvalue weighted by Gasteiger charge is -2.31. The van der Waals surface area contributed by atoms with Crippen molar-refractivity contribution in [1.82, 2.24) is 0 Å². The molecule has 3 unspecified atom stereocenters. The average Bonchev–Trinajstić information content (AvgIpc) is 2.14. The summed E-state index contributed by atoms with van der Waals surface area (Å²) in [6.07, 6.45) is -2.78. The molecule has 0 bridgehead atoms. The van der Waals surface area contributed by atoms with Crippen molar-refractivity contribution < 1.29 is 17.9 Å². The monoisotopic (exact) mass is 221 g/mol. The Hall–Kier alpha value is -0.760. The summed E-state index contributed by atoms with van der Waals surface area (Å²) in [7, 11) is 0. The van der Waals surface area contributed by atoms with Crippen LogP contribution in [0.2, 0.25) is 0 Å². The van der Waals surface area contributed by atoms with Gasteiger partial charge in [0.1, 0.15) is 6.61 Å². The molecular weight excluding hydrogens is 207 g/mol. The molecule has 0 radical (unpaired) electrons. The lowest BCUT2D eigenvalue weighted by molar-refractivity contribution is -0.192. The minimum absolute atomic E-state index is 0.341. The van der Waals surface area contributed by atoms with Crippen molar-refractivity contribution in [3.05, 3.63) is 0 Å². The van der Waals surface area contributed by atoms with Gasteiger partial charge in [0.05, 0.1) is 18.1 Å². The predicted octanol–water partition coefficient (Wildman–Crippen LogP) is 2.89. The van der Waals surface area contributed by atoms with Gasteiger partial charge in [-0.1, -0.05) is 6.92 Å². The molecule has 5 heteroatoms. The Kier molecular flexibility index (Phi) is 3.97. The molecule has 0 heterocycles. The van der Waals surface area contributed by atoms with Gasteiger partial charge in [0, 0.05) is 0 Å². The van der Waals surface area contributed by atoms with E-state index in [0.29, 0.717) is 18.8 Å². The molecular formula is C10H14F3NO. The summed E-state index contributed by atoms with van der Waals surface area (Å²) in [5.41, 5.74) is 0. The van der Waals surface area contributed by atoms with Gasteiger partial charge in [0.2, 0.25) is 0 Å². The van der Waals surface area contributed by atoms with Gasteiger partial charge in [-0.3, -0.25) is 0 Å². The molecule has 15 heavy (non-hydrogen) atoms. The second-order valence-corrected chi connectivity index (χ2v) is 4.12. The Bertz CT molecular complexity index is 246. The average molecular weight is 221 g/mol. The van der Waals surface area contributed by atoms with Crippen LogP contribution in [0, 0.1) is 23.2 Å². The van der Waals surface area contributed by atoms with Crippen LogP contribution in [0.1, 0.15) is 26.2 Å². The maximum absolute atomic E-state index is 11.9. The topological polar surface area (TPSA) is 33.0 Å². The lowest BCUT2D eigenvalue weighted by atomic mass is 9.81. The molecule has 1 rings (SSSR count). The first-order chi connectivity index (χ1) is 6.92. The lowest BCUT2D eigenvalue weighted by Crippen LogP contribution is -2.33. The van der Waals surface area contributed by atoms with Crippen LogP contribution in [-0.4, -0.2) is 18.9 Å². The van der Waals surface area contributed by atoms with E-state index in [2.05, 4.69) is 0 Å². The standard InChI is InChI=1S/C10H14F3NO/c1-7-2-3-8(5-14)9(4-7)15-6-10(11,12)13/h7-9H,2-4,6H2,1H3. The first-order valence-corrected chi connectivity index (χ1v) is 5.00. The van der Waals surface area contributed by atoms with Gasteiger partial charge in [0.15, 0.2) is 0 Å². The number of ether oxygens (including phenoxy) is 1. The van der Waals surface area contributed by atoms with Crippen LogP contribution in [0.3, 0.4) is 0 Å². The molecule has 3 atom stereocenters. The number of rotatable bonds is 2. The summed E-state index contributed by atoms with van der Waals surface area (Å²) >= 11 is 0. The Labute approximate surface area is 87.0 Å². The van der Waals surface area contributed by atoms with Crippen molar-refractivity contribution in [2.24, 2.45) is 11.8 Å². The van der Waals surface area contributed by atoms with Gasteiger partial charge in [-0.25, -0.2) is 0 Å². The highest BCUT2D eigenvalue weighted by Gasteiger charge is 2.34. The van der Waals surface area contributed by atoms with Crippen LogP contribution in [0.5, 0.6) is 0 Å². The Morgan fingerprint density at radius 1 is 1.40 bits per heavy atom. The van der Waals surface area contributed by atoms with E-state index in [1.807, 2.05) is 13.0 Å². The highest BCUT2D eigenvalue weighted by Crippen LogP contribution is 2.31. The summed E-state index contributed by atoms with van der Waals surface area (Å²) < 4.78 is 40.6. The Balaban J connectivity index is 2.46. The third-order valence-corrected chi connectivity index (χ3v) is 2.68. The molecule has 0 spiro atoms. The fraction of sp³-hybridized carbons (Fsp3) is 0.900. The molecule has 1 aliphatic carbocycles. The van der Waals surface area contributed by atoms with E-state index in [-0.39, 0.29) is 5.92 Å². The second-order valence-electron chi connectivity index (χ2n) is 4.12. The maximum Gasteiger partial charge on any atom is 0.411 e. The zero-order chi connectivity index (χ0) is 11.5. The van der Waals surface area contributed by atoms with E-state index in [4.69, 9.17) is 10.00 Å². The van der Waals surface area contributed by atoms with Gasteiger partial charge >= 0.3 is 6.18 Å². The van der Waals surface area contributed by atoms with Gasteiger partial charge in [-0.05, 0) is 25.2 Å². The molecule has 1 aliphatic rings. The van der Waals surface area contributed by atoms with Crippen molar-refractivity contribution in [2.45, 2.75) is 38.5 Å². The van der Waals surface area contributed by atoms with Gasteiger partial charge in [-0.2, -0.15) is 18.4 Å². The predicted molar refractivity (Wildman–Crippen MR) is 47.9 cm³/mol. The quantitative estimate of drug-likeness (QED) is 0.718. The van der Waals surface area contributed by atoms with Crippen LogP contribution in [0.25, 0.3) is 0 Å². The summed E-state index contributed by atoms with van der Waals surface area (Å²) in [6, 6.07) is 2.02. The van der Waals surface area contributed by atoms with Crippen molar-refractivity contribution in [1.29, 1.82) is 5.26 Å². The minimum atomic E-state index is -4.30. The zero-order valence-electron chi connectivity index (χ0n) is 8.55. The van der Waals surface area contributed by atoms with Gasteiger partial charge in [0.25, 0.3) is 0 Å². The molecule has 1 fully saturated rings. The van der Waals surface area contributed by atoms with E-state index in [9.17, 15) is 13.2 Å². The summed E-state index contributed by atoms with van der Waals surface area (Å²) in [4.78, 5) is 0. The molecule has 0 aromatic carbocycles. The first-order valence-electron chi connectivity index (χ1n) is 5.00. The summed E-state index contributed by atoms with van der Waals surface area (Å²) in [5, 5.41) is 8.77. The van der Waals surface area contributed by atoms with E-state index < -0.39 is 18.9 Å². The van der Waals surface area contributed by atoms with Gasteiger partial charge < -0.3 is 4.74 Å². The molecule has 0 amide bonds. The maximum atomic E-state index is 11.9. The van der Waals surface area contributed by atoms with Crippen LogP contribution >= 0.6 is 0 Å². The van der Waals surface area contributed by atoms with Gasteiger partial charge in [-0.15, -0.1) is 0 Å². The van der Waals surface area contributed by atoms with Crippen LogP contribution in [-0.2, 0) is 4.74 Å². The zero-order valence-corrected chi connectivity index (χ0v) is 8.55. The molecule has 0 aromatic heterocycles. The third kappa shape index (κ3) is 4.08. The number of nitrogens with zero attached hydrogens (tertiary/aromatic N) is 1. The SMILES string of the molecule is CC1CCC(C#N)C(OCC(F)(F)F)C1. The summed E-state index contributed by atoms with van der Waals surface area (Å²) in [5.74, 6) is -0.0450. The number of halogens is 3. The van der Waals surface area contributed by atoms with E-state index in [1.54, 1.807) is 0 Å². The first kappa shape index (κ1) is 12.3. The number of hydrogen-bond acceptors (Lipinski definition) is 2. The summed E-state index contributed by atoms with van der Waals surface area (Å²) in [6.45, 7) is 0.722. The molecule has 1 saturated carbocycles. The Morgan fingerprint density at radius 3 is 2.60 bits per heavy atom. The van der Waals surface area contributed by atoms with E-state index >= 15 is 0 Å². The highest BCUT2D eigenvalue weighted by atomic mass is 19.4. The molecule has 86 valence electrons. The number of hydrogen-bond donors (Lipinski definition) is 0. The van der Waals surface area contributed by atoms with Crippen molar-refractivity contribution in [3.8, 4) is 6.07 Å². The van der Waals surface area contributed by atoms with Crippen LogP contribution < -0.4 is 0 Å². The normalized spacial score (nSPS) is 32.3. The second kappa shape index (κ2) is 4.84. The smallest absolute Gasteiger partial charge is 0.367 e. The minimum Gasteiger partial charge on any atom is -0.367 e. The highest BCUT2D eigenvalue weighted by molar-refractivity contribution is 4.93. The fourth-order valence-corrected chi connectivity index (χ4v) is 1.86. The largest absolute Gasteiger partial charge is 0.411 e. The fourth-order valence-electron chi connectivity index (χ4n) is 1.86. The Morgan fingerprint density at radius 2 is 2.07 bits per heavy atom. The van der Waals surface area contributed by atoms with E-state index in [0.717, 1.165) is 6.42 Å². The van der Waals surface area contributed by atoms with E-state index in [1.165, 1.54) is 0 Å². The molecule has 0 aliphatic heterocycles. The van der Waals surface area contributed by atoms with Crippen molar-refractivity contribution >= 4 is 0 Å². The molecule has 0 N–H and O–H groups in total. The number of nitriles is 1. The van der Waals surface area contributed by atoms with Crippen molar-refractivity contribution in [2.75, 3.05) is 6.61 Å². The van der Waals surface area contributed by atoms with Crippen LogP contribution in [0.4, 0.5) is 13.2 Å².